The van der Waals surface area contributed by atoms with Crippen molar-refractivity contribution >= 4 is 17.5 Å². The van der Waals surface area contributed by atoms with Gasteiger partial charge in [-0.1, -0.05) is 30.3 Å². The molecule has 0 saturated heterocycles. The third-order valence-corrected chi connectivity index (χ3v) is 5.22. The van der Waals surface area contributed by atoms with Crippen LogP contribution in [0.15, 0.2) is 66.7 Å². The minimum atomic E-state index is -0.621. The second kappa shape index (κ2) is 10.8. The van der Waals surface area contributed by atoms with Crippen molar-refractivity contribution in [1.29, 1.82) is 0 Å². The predicted molar refractivity (Wildman–Crippen MR) is 125 cm³/mol. The van der Waals surface area contributed by atoms with Gasteiger partial charge in [-0.15, -0.1) is 0 Å². The fraction of sp³-hybridized carbons (Fsp3) is 0.231. The zero-order valence-electron chi connectivity index (χ0n) is 18.9. The summed E-state index contributed by atoms with van der Waals surface area (Å²) in [6.07, 6.45) is 0. The maximum atomic E-state index is 14.0. The summed E-state index contributed by atoms with van der Waals surface area (Å²) in [6.45, 7) is 3.11. The number of anilines is 1. The van der Waals surface area contributed by atoms with E-state index in [9.17, 15) is 18.4 Å². The number of hydrogen-bond donors (Lipinski definition) is 1. The minimum absolute atomic E-state index is 0.0765. The number of benzene rings is 3. The minimum Gasteiger partial charge on any atom is -0.333 e. The van der Waals surface area contributed by atoms with E-state index in [1.807, 2.05) is 19.0 Å². The summed E-state index contributed by atoms with van der Waals surface area (Å²) in [5, 5.41) is 2.70. The average molecular weight is 452 g/mol. The SMILES string of the molecule is Cc1ccc(C(=O)N(CCN(C)C)Cc2cccc(F)c2)cc1NC(=O)c1ccccc1F. The fourth-order valence-electron chi connectivity index (χ4n) is 3.34. The topological polar surface area (TPSA) is 52.7 Å². The van der Waals surface area contributed by atoms with E-state index >= 15 is 0 Å². The van der Waals surface area contributed by atoms with Gasteiger partial charge < -0.3 is 15.1 Å². The van der Waals surface area contributed by atoms with Gasteiger partial charge in [-0.3, -0.25) is 9.59 Å². The number of nitrogens with zero attached hydrogens (tertiary/aromatic N) is 2. The molecule has 0 aliphatic heterocycles. The molecule has 2 amide bonds. The lowest BCUT2D eigenvalue weighted by Gasteiger charge is -2.25. The van der Waals surface area contributed by atoms with E-state index < -0.39 is 11.7 Å². The van der Waals surface area contributed by atoms with Crippen LogP contribution in [-0.2, 0) is 6.54 Å². The molecule has 0 aliphatic carbocycles. The van der Waals surface area contributed by atoms with Crippen LogP contribution < -0.4 is 5.32 Å². The van der Waals surface area contributed by atoms with Crippen LogP contribution in [0.25, 0.3) is 0 Å². The zero-order chi connectivity index (χ0) is 24.0. The summed E-state index contributed by atoms with van der Waals surface area (Å²) in [4.78, 5) is 29.5. The first-order chi connectivity index (χ1) is 15.7. The Balaban J connectivity index is 1.85. The molecule has 1 N–H and O–H groups in total. The van der Waals surface area contributed by atoms with Crippen LogP contribution in [0.1, 0.15) is 31.8 Å². The summed E-state index contributed by atoms with van der Waals surface area (Å²) >= 11 is 0. The van der Waals surface area contributed by atoms with Crippen LogP contribution in [0, 0.1) is 18.6 Å². The summed E-state index contributed by atoms with van der Waals surface area (Å²) < 4.78 is 27.7. The molecule has 0 radical (unpaired) electrons. The highest BCUT2D eigenvalue weighted by molar-refractivity contribution is 6.05. The van der Waals surface area contributed by atoms with Crippen LogP contribution >= 0.6 is 0 Å². The van der Waals surface area contributed by atoms with Crippen molar-refractivity contribution < 1.29 is 18.4 Å². The van der Waals surface area contributed by atoms with Gasteiger partial charge >= 0.3 is 0 Å². The molecule has 0 fully saturated rings. The third kappa shape index (κ3) is 6.46. The normalized spacial score (nSPS) is 10.8. The van der Waals surface area contributed by atoms with Crippen LogP contribution in [-0.4, -0.2) is 48.8 Å². The molecule has 0 heterocycles. The van der Waals surface area contributed by atoms with Crippen LogP contribution in [0.4, 0.5) is 14.5 Å². The summed E-state index contributed by atoms with van der Waals surface area (Å²) in [7, 11) is 3.82. The van der Waals surface area contributed by atoms with Crippen LogP contribution in [0.5, 0.6) is 0 Å². The number of halogens is 2. The van der Waals surface area contributed by atoms with Crippen molar-refractivity contribution in [1.82, 2.24) is 9.80 Å². The second-order valence-corrected chi connectivity index (χ2v) is 8.12. The first-order valence-corrected chi connectivity index (χ1v) is 10.6. The molecule has 0 spiro atoms. The average Bonchev–Trinajstić information content (AvgIpc) is 2.77. The Morgan fingerprint density at radius 1 is 0.909 bits per heavy atom. The van der Waals surface area contributed by atoms with Crippen molar-refractivity contribution in [3.63, 3.8) is 0 Å². The Labute approximate surface area is 192 Å². The lowest BCUT2D eigenvalue weighted by Crippen LogP contribution is -2.36. The van der Waals surface area contributed by atoms with Gasteiger partial charge in [-0.05, 0) is 68.5 Å². The predicted octanol–water partition coefficient (Wildman–Crippen LogP) is 4.73. The van der Waals surface area contributed by atoms with Gasteiger partial charge in [-0.25, -0.2) is 8.78 Å². The van der Waals surface area contributed by atoms with Gasteiger partial charge in [0.25, 0.3) is 11.8 Å². The van der Waals surface area contributed by atoms with Gasteiger partial charge in [0.2, 0.25) is 0 Å². The maximum Gasteiger partial charge on any atom is 0.258 e. The van der Waals surface area contributed by atoms with Crippen LogP contribution in [0.3, 0.4) is 0 Å². The van der Waals surface area contributed by atoms with E-state index in [0.717, 1.165) is 5.56 Å². The number of hydrogen-bond acceptors (Lipinski definition) is 3. The molecule has 0 unspecified atom stereocenters. The molecular weight excluding hydrogens is 424 g/mol. The number of carbonyl (C=O) groups excluding carboxylic acids is 2. The smallest absolute Gasteiger partial charge is 0.258 e. The van der Waals surface area contributed by atoms with Crippen molar-refractivity contribution in [3.05, 3.63) is 101 Å². The van der Waals surface area contributed by atoms with E-state index in [1.165, 1.54) is 30.3 Å². The van der Waals surface area contributed by atoms with Crippen molar-refractivity contribution in [3.8, 4) is 0 Å². The first kappa shape index (κ1) is 24.1. The van der Waals surface area contributed by atoms with E-state index in [-0.39, 0.29) is 23.8 Å². The van der Waals surface area contributed by atoms with Gasteiger partial charge in [0, 0.05) is 30.9 Å². The first-order valence-electron chi connectivity index (χ1n) is 10.6. The van der Waals surface area contributed by atoms with E-state index in [4.69, 9.17) is 0 Å². The Bertz CT molecular complexity index is 1150. The number of carbonyl (C=O) groups is 2. The molecule has 3 rings (SSSR count). The Hall–Kier alpha value is -3.58. The lowest BCUT2D eigenvalue weighted by atomic mass is 10.1. The van der Waals surface area contributed by atoms with Gasteiger partial charge in [-0.2, -0.15) is 0 Å². The number of aryl methyl sites for hydroxylation is 1. The third-order valence-electron chi connectivity index (χ3n) is 5.22. The molecule has 172 valence electrons. The highest BCUT2D eigenvalue weighted by Gasteiger charge is 2.19. The van der Waals surface area contributed by atoms with Crippen molar-refractivity contribution in [2.75, 3.05) is 32.5 Å². The number of rotatable bonds is 8. The summed E-state index contributed by atoms with van der Waals surface area (Å²) in [5.74, 6) is -1.82. The standard InChI is InChI=1S/C26H27F2N3O2/c1-18-11-12-20(16-24(18)29-25(32)22-9-4-5-10-23(22)28)26(33)31(14-13-30(2)3)17-19-7-6-8-21(27)15-19/h4-12,15-16H,13-14,17H2,1-3H3,(H,29,32). The second-order valence-electron chi connectivity index (χ2n) is 8.12. The molecule has 0 aliphatic rings. The molecule has 0 atom stereocenters. The number of likely N-dealkylation sites (N-methyl/N-ethyl adjacent to an activating group) is 1. The Kier molecular flexibility index (Phi) is 7.90. The molecule has 3 aromatic rings. The number of nitrogens with one attached hydrogen (secondary N) is 1. The monoisotopic (exact) mass is 451 g/mol. The van der Waals surface area contributed by atoms with Crippen molar-refractivity contribution in [2.24, 2.45) is 0 Å². The highest BCUT2D eigenvalue weighted by Crippen LogP contribution is 2.21. The summed E-state index contributed by atoms with van der Waals surface area (Å²) in [6, 6.07) is 16.9. The quantitative estimate of drug-likeness (QED) is 0.539. The van der Waals surface area contributed by atoms with Gasteiger partial charge in [0.15, 0.2) is 0 Å². The Morgan fingerprint density at radius 3 is 2.36 bits per heavy atom. The van der Waals surface area contributed by atoms with Crippen molar-refractivity contribution in [2.45, 2.75) is 13.5 Å². The van der Waals surface area contributed by atoms with Gasteiger partial charge in [0.1, 0.15) is 11.6 Å². The fourth-order valence-corrected chi connectivity index (χ4v) is 3.34. The molecule has 3 aromatic carbocycles. The van der Waals surface area contributed by atoms with Crippen LogP contribution in [0.2, 0.25) is 0 Å². The van der Waals surface area contributed by atoms with E-state index in [2.05, 4.69) is 5.32 Å². The molecule has 0 bridgehead atoms. The Morgan fingerprint density at radius 2 is 1.67 bits per heavy atom. The molecule has 0 aromatic heterocycles. The number of amides is 2. The summed E-state index contributed by atoms with van der Waals surface area (Å²) in [5.41, 5.74) is 2.14. The van der Waals surface area contributed by atoms with Gasteiger partial charge in [0.05, 0.1) is 5.56 Å². The zero-order valence-corrected chi connectivity index (χ0v) is 18.9. The largest absolute Gasteiger partial charge is 0.333 e. The maximum absolute atomic E-state index is 14.0. The molecule has 7 heteroatoms. The molecule has 0 saturated carbocycles. The lowest BCUT2D eigenvalue weighted by molar-refractivity contribution is 0.0731. The highest BCUT2D eigenvalue weighted by atomic mass is 19.1. The van der Waals surface area contributed by atoms with E-state index in [0.29, 0.717) is 29.9 Å². The molecular formula is C26H27F2N3O2. The molecule has 33 heavy (non-hydrogen) atoms. The van der Waals surface area contributed by atoms with E-state index in [1.54, 1.807) is 48.2 Å². The molecule has 5 nitrogen and oxygen atoms in total.